The molecule has 0 aromatic heterocycles. The molecule has 0 bridgehead atoms. The summed E-state index contributed by atoms with van der Waals surface area (Å²) >= 11 is 3.30. The monoisotopic (exact) mass is 530 g/mol. The molecule has 0 saturated carbocycles. The summed E-state index contributed by atoms with van der Waals surface area (Å²) in [6, 6.07) is 9.91. The summed E-state index contributed by atoms with van der Waals surface area (Å²) in [7, 11) is 1.28. The number of phenolic OH excluding ortho intramolecular Hbond substituents is 1. The van der Waals surface area contributed by atoms with Crippen molar-refractivity contribution in [2.24, 2.45) is 0 Å². The van der Waals surface area contributed by atoms with Crippen LogP contribution in [0.2, 0.25) is 0 Å². The number of methoxy groups -OCH3 is 1. The number of likely N-dealkylation sites (N-methyl/N-ethyl adjacent to an activating group) is 1. The molecule has 3 rings (SSSR count). The van der Waals surface area contributed by atoms with E-state index in [2.05, 4.69) is 20.8 Å². The maximum absolute atomic E-state index is 13.1. The summed E-state index contributed by atoms with van der Waals surface area (Å²) in [5, 5.41) is 21.5. The molecular formula is C25H27BrN2O6. The van der Waals surface area contributed by atoms with Gasteiger partial charge in [0.15, 0.2) is 0 Å². The van der Waals surface area contributed by atoms with Crippen LogP contribution < -0.4 is 0 Å². The number of carbonyl (C=O) groups excluding carboxylic acids is 3. The van der Waals surface area contributed by atoms with Gasteiger partial charge in [-0.2, -0.15) is 0 Å². The van der Waals surface area contributed by atoms with Gasteiger partial charge in [-0.25, -0.2) is 4.79 Å². The average Bonchev–Trinajstić information content (AvgIpc) is 3.10. The number of benzene rings is 2. The Hall–Kier alpha value is -3.17. The Morgan fingerprint density at radius 1 is 1.12 bits per heavy atom. The number of carbonyl (C=O) groups is 3. The molecule has 2 N–H and O–H groups in total. The van der Waals surface area contributed by atoms with E-state index in [0.717, 1.165) is 13.1 Å². The summed E-state index contributed by atoms with van der Waals surface area (Å²) < 4.78 is 5.33. The molecule has 0 spiro atoms. The minimum Gasteiger partial charge on any atom is -0.507 e. The van der Waals surface area contributed by atoms with Gasteiger partial charge in [-0.15, -0.1) is 0 Å². The summed E-state index contributed by atoms with van der Waals surface area (Å²) in [6.45, 7) is 6.39. The van der Waals surface area contributed by atoms with E-state index in [-0.39, 0.29) is 23.4 Å². The number of aromatic hydroxyl groups is 1. The largest absolute Gasteiger partial charge is 0.507 e. The number of amides is 1. The van der Waals surface area contributed by atoms with E-state index in [1.807, 2.05) is 13.8 Å². The molecule has 8 nitrogen and oxygen atoms in total. The molecule has 1 amide bonds. The fraction of sp³-hybridized carbons (Fsp3) is 0.320. The van der Waals surface area contributed by atoms with Crippen LogP contribution >= 0.6 is 15.9 Å². The molecule has 1 unspecified atom stereocenters. The maximum Gasteiger partial charge on any atom is 0.337 e. The molecule has 180 valence electrons. The second kappa shape index (κ2) is 10.8. The molecule has 2 aromatic carbocycles. The standard InChI is InChI=1S/C25H27BrN2O6/c1-4-27(5-2)12-13-28-21(15-6-8-16(9-7-15)25(33)34-3)20(23(31)24(28)32)22(30)18-14-17(26)10-11-19(18)29/h6-11,14,21,29-30H,4-5,12-13H2,1-3H3/b22-20+. The van der Waals surface area contributed by atoms with E-state index < -0.39 is 29.5 Å². The number of aliphatic hydroxyl groups is 1. The minimum absolute atomic E-state index is 0.0345. The molecule has 1 atom stereocenters. The quantitative estimate of drug-likeness (QED) is 0.232. The highest BCUT2D eigenvalue weighted by Gasteiger charge is 2.46. The number of nitrogens with zero attached hydrogens (tertiary/aromatic N) is 2. The number of ether oxygens (including phenoxy) is 1. The predicted molar refractivity (Wildman–Crippen MR) is 130 cm³/mol. The summed E-state index contributed by atoms with van der Waals surface area (Å²) in [5.41, 5.74) is 0.773. The third-order valence-corrected chi connectivity index (χ3v) is 6.45. The SMILES string of the molecule is CCN(CC)CCN1C(=O)C(=O)/C(=C(/O)c2cc(Br)ccc2O)C1c1ccc(C(=O)OC)cc1. The maximum atomic E-state index is 13.1. The van der Waals surface area contributed by atoms with Crippen molar-refractivity contribution in [1.82, 2.24) is 9.80 Å². The van der Waals surface area contributed by atoms with Crippen LogP contribution in [0.1, 0.15) is 41.4 Å². The van der Waals surface area contributed by atoms with Crippen LogP contribution in [-0.2, 0) is 14.3 Å². The normalized spacial score (nSPS) is 17.4. The van der Waals surface area contributed by atoms with Crippen LogP contribution in [0.5, 0.6) is 5.75 Å². The van der Waals surface area contributed by atoms with Gasteiger partial charge >= 0.3 is 5.97 Å². The van der Waals surface area contributed by atoms with Crippen molar-refractivity contribution < 1.29 is 29.3 Å². The zero-order chi connectivity index (χ0) is 25.0. The van der Waals surface area contributed by atoms with E-state index in [0.29, 0.717) is 22.1 Å². The van der Waals surface area contributed by atoms with Gasteiger partial charge in [0.05, 0.1) is 29.9 Å². The number of rotatable bonds is 8. The Bertz CT molecular complexity index is 1120. The topological polar surface area (TPSA) is 107 Å². The van der Waals surface area contributed by atoms with E-state index in [1.54, 1.807) is 30.3 Å². The van der Waals surface area contributed by atoms with E-state index >= 15 is 0 Å². The van der Waals surface area contributed by atoms with Gasteiger partial charge in [0.2, 0.25) is 0 Å². The van der Waals surface area contributed by atoms with Gasteiger partial charge in [-0.05, 0) is 49.0 Å². The molecule has 0 aliphatic carbocycles. The van der Waals surface area contributed by atoms with E-state index in [9.17, 15) is 24.6 Å². The Kier molecular flexibility index (Phi) is 8.11. The minimum atomic E-state index is -0.888. The van der Waals surface area contributed by atoms with Gasteiger partial charge < -0.3 is 24.7 Å². The first kappa shape index (κ1) is 25.5. The number of Topliss-reactive ketones (excluding diaryl/α,β-unsaturated/α-hetero) is 1. The lowest BCUT2D eigenvalue weighted by atomic mass is 9.94. The lowest BCUT2D eigenvalue weighted by Crippen LogP contribution is -2.38. The Balaban J connectivity index is 2.14. The van der Waals surface area contributed by atoms with Crippen LogP contribution in [0.15, 0.2) is 52.5 Å². The van der Waals surface area contributed by atoms with Gasteiger partial charge in [0.25, 0.3) is 11.7 Å². The Morgan fingerprint density at radius 2 is 1.76 bits per heavy atom. The highest BCUT2D eigenvalue weighted by Crippen LogP contribution is 2.41. The lowest BCUT2D eigenvalue weighted by molar-refractivity contribution is -0.140. The van der Waals surface area contributed by atoms with Crippen molar-refractivity contribution >= 4 is 39.3 Å². The van der Waals surface area contributed by atoms with Gasteiger partial charge in [0, 0.05) is 17.6 Å². The summed E-state index contributed by atoms with van der Waals surface area (Å²) in [5.74, 6) is -2.77. The number of ketones is 1. The Morgan fingerprint density at radius 3 is 2.35 bits per heavy atom. The first-order chi connectivity index (χ1) is 16.2. The molecule has 1 saturated heterocycles. The first-order valence-corrected chi connectivity index (χ1v) is 11.7. The smallest absolute Gasteiger partial charge is 0.337 e. The van der Waals surface area contributed by atoms with Crippen LogP contribution in [0, 0.1) is 0 Å². The van der Waals surface area contributed by atoms with Crippen molar-refractivity contribution in [2.75, 3.05) is 33.3 Å². The molecule has 2 aromatic rings. The average molecular weight is 531 g/mol. The van der Waals surface area contributed by atoms with Crippen molar-refractivity contribution in [1.29, 1.82) is 0 Å². The van der Waals surface area contributed by atoms with Crippen LogP contribution in [0.4, 0.5) is 0 Å². The fourth-order valence-electron chi connectivity index (χ4n) is 4.01. The molecular weight excluding hydrogens is 504 g/mol. The van der Waals surface area contributed by atoms with Gasteiger partial charge in [-0.3, -0.25) is 9.59 Å². The van der Waals surface area contributed by atoms with E-state index in [1.165, 1.54) is 24.1 Å². The summed E-state index contributed by atoms with van der Waals surface area (Å²) in [4.78, 5) is 41.6. The first-order valence-electron chi connectivity index (χ1n) is 10.9. The highest BCUT2D eigenvalue weighted by molar-refractivity contribution is 9.10. The zero-order valence-corrected chi connectivity index (χ0v) is 20.8. The third kappa shape index (κ3) is 5.00. The van der Waals surface area contributed by atoms with Crippen LogP contribution in [-0.4, -0.2) is 71.0 Å². The second-order valence-corrected chi connectivity index (χ2v) is 8.71. The highest BCUT2D eigenvalue weighted by atomic mass is 79.9. The number of likely N-dealkylation sites (tertiary alicyclic amines) is 1. The van der Waals surface area contributed by atoms with Crippen molar-refractivity contribution in [3.8, 4) is 5.75 Å². The van der Waals surface area contributed by atoms with Crippen molar-refractivity contribution in [2.45, 2.75) is 19.9 Å². The zero-order valence-electron chi connectivity index (χ0n) is 19.2. The predicted octanol–water partition coefficient (Wildman–Crippen LogP) is 3.70. The number of phenols is 1. The van der Waals surface area contributed by atoms with Crippen LogP contribution in [0.25, 0.3) is 5.76 Å². The molecule has 0 radical (unpaired) electrons. The molecule has 1 fully saturated rings. The fourth-order valence-corrected chi connectivity index (χ4v) is 4.37. The molecule has 9 heteroatoms. The van der Waals surface area contributed by atoms with E-state index in [4.69, 9.17) is 4.74 Å². The molecule has 1 heterocycles. The lowest BCUT2D eigenvalue weighted by Gasteiger charge is -2.28. The van der Waals surface area contributed by atoms with Crippen molar-refractivity contribution in [3.63, 3.8) is 0 Å². The van der Waals surface area contributed by atoms with Crippen molar-refractivity contribution in [3.05, 3.63) is 69.2 Å². The Labute approximate surface area is 206 Å². The van der Waals surface area contributed by atoms with Gasteiger partial charge in [-0.1, -0.05) is 41.9 Å². The summed E-state index contributed by atoms with van der Waals surface area (Å²) in [6.07, 6.45) is 0. The molecule has 1 aliphatic heterocycles. The second-order valence-electron chi connectivity index (χ2n) is 7.79. The third-order valence-electron chi connectivity index (χ3n) is 5.95. The molecule has 1 aliphatic rings. The number of hydrogen-bond acceptors (Lipinski definition) is 7. The van der Waals surface area contributed by atoms with Gasteiger partial charge in [0.1, 0.15) is 11.5 Å². The molecule has 34 heavy (non-hydrogen) atoms. The number of esters is 1. The number of halogens is 1. The number of aliphatic hydroxyl groups excluding tert-OH is 1. The number of hydrogen-bond donors (Lipinski definition) is 2. The van der Waals surface area contributed by atoms with Crippen LogP contribution in [0.3, 0.4) is 0 Å².